The van der Waals surface area contributed by atoms with Crippen LogP contribution in [0.1, 0.15) is 29.7 Å². The number of methoxy groups -OCH3 is 1. The van der Waals surface area contributed by atoms with E-state index in [0.29, 0.717) is 17.0 Å². The zero-order valence-corrected chi connectivity index (χ0v) is 26.4. The van der Waals surface area contributed by atoms with Crippen molar-refractivity contribution < 1.29 is 19.1 Å². The highest BCUT2D eigenvalue weighted by Crippen LogP contribution is 2.33. The van der Waals surface area contributed by atoms with Crippen molar-refractivity contribution in [3.63, 3.8) is 0 Å². The van der Waals surface area contributed by atoms with Gasteiger partial charge in [0.05, 0.1) is 18.9 Å². The predicted molar refractivity (Wildman–Crippen MR) is 186 cm³/mol. The molecule has 0 aromatic heterocycles. The molecule has 3 amide bonds. The van der Waals surface area contributed by atoms with Gasteiger partial charge in [0.25, 0.3) is 11.8 Å². The van der Waals surface area contributed by atoms with Crippen molar-refractivity contribution >= 4 is 51.5 Å². The minimum absolute atomic E-state index is 0.0789. The van der Waals surface area contributed by atoms with E-state index in [4.69, 9.17) is 4.74 Å². The Bertz CT molecular complexity index is 1860. The van der Waals surface area contributed by atoms with Crippen molar-refractivity contribution in [1.29, 1.82) is 0 Å². The third-order valence-electron chi connectivity index (χ3n) is 7.35. The van der Waals surface area contributed by atoms with Crippen LogP contribution in [0.5, 0.6) is 5.75 Å². The molecule has 7 nitrogen and oxygen atoms in total. The standard InChI is InChI=1S/C38H33N3O4S/c1-4-6-20-29(5-2)41-37(44)32(24-31-30-21-14-13-15-26(30)22-23-33(31)45-3)36(43)40-38(41)46-25-34(42)39-35(27-16-9-7-10-17-27)28-18-11-8-12-19-28/h4-24,35H,1,25H2,2-3H3,(H,39,42)/b20-6-,29-5+,32-24-. The monoisotopic (exact) mass is 627 g/mol. The minimum Gasteiger partial charge on any atom is -0.496 e. The molecule has 1 aliphatic rings. The molecule has 1 N–H and O–H groups in total. The van der Waals surface area contributed by atoms with Crippen molar-refractivity contribution in [2.75, 3.05) is 12.9 Å². The number of amides is 3. The fourth-order valence-corrected chi connectivity index (χ4v) is 5.95. The fraction of sp³-hybridized carbons (Fsp3) is 0.105. The van der Waals surface area contributed by atoms with E-state index in [0.717, 1.165) is 33.7 Å². The molecule has 4 aromatic carbocycles. The average molecular weight is 628 g/mol. The zero-order valence-electron chi connectivity index (χ0n) is 25.6. The first kappa shape index (κ1) is 31.9. The molecule has 0 aliphatic carbocycles. The molecule has 0 saturated heterocycles. The summed E-state index contributed by atoms with van der Waals surface area (Å²) in [4.78, 5) is 46.7. The second kappa shape index (κ2) is 15.0. The van der Waals surface area contributed by atoms with Gasteiger partial charge in [-0.15, -0.1) is 0 Å². The molecule has 0 unspecified atom stereocenters. The predicted octanol–water partition coefficient (Wildman–Crippen LogP) is 7.24. The van der Waals surface area contributed by atoms with Gasteiger partial charge in [0.15, 0.2) is 5.17 Å². The van der Waals surface area contributed by atoms with E-state index in [1.165, 1.54) is 11.0 Å². The van der Waals surface area contributed by atoms with Gasteiger partial charge in [0, 0.05) is 11.3 Å². The molecule has 230 valence electrons. The van der Waals surface area contributed by atoms with Crippen LogP contribution in [0.15, 0.2) is 144 Å². The van der Waals surface area contributed by atoms with E-state index in [1.807, 2.05) is 91.0 Å². The largest absolute Gasteiger partial charge is 0.496 e. The van der Waals surface area contributed by atoms with E-state index in [1.54, 1.807) is 44.4 Å². The number of benzene rings is 4. The van der Waals surface area contributed by atoms with Crippen LogP contribution >= 0.6 is 11.8 Å². The van der Waals surface area contributed by atoms with Crippen molar-refractivity contribution in [3.8, 4) is 5.75 Å². The molecule has 0 radical (unpaired) electrons. The summed E-state index contributed by atoms with van der Waals surface area (Å²) in [6.07, 6.45) is 8.25. The average Bonchev–Trinajstić information content (AvgIpc) is 3.09. The first-order chi connectivity index (χ1) is 22.4. The maximum atomic E-state index is 14.1. The minimum atomic E-state index is -0.700. The smallest absolute Gasteiger partial charge is 0.285 e. The number of ether oxygens (including phenoxy) is 1. The molecule has 1 heterocycles. The Morgan fingerprint density at radius 3 is 2.24 bits per heavy atom. The topological polar surface area (TPSA) is 88.1 Å². The Labute approximate surface area is 272 Å². The first-order valence-electron chi connectivity index (χ1n) is 14.7. The highest BCUT2D eigenvalue weighted by molar-refractivity contribution is 8.14. The van der Waals surface area contributed by atoms with E-state index in [-0.39, 0.29) is 28.4 Å². The van der Waals surface area contributed by atoms with Crippen molar-refractivity contribution in [2.45, 2.75) is 13.0 Å². The summed E-state index contributed by atoms with van der Waals surface area (Å²) in [5.41, 5.74) is 2.81. The summed E-state index contributed by atoms with van der Waals surface area (Å²) < 4.78 is 5.60. The lowest BCUT2D eigenvalue weighted by Gasteiger charge is -2.28. The van der Waals surface area contributed by atoms with E-state index in [2.05, 4.69) is 16.9 Å². The molecule has 0 saturated carbocycles. The Morgan fingerprint density at radius 2 is 1.61 bits per heavy atom. The maximum absolute atomic E-state index is 14.1. The molecule has 0 fully saturated rings. The van der Waals surface area contributed by atoms with Gasteiger partial charge in [0.1, 0.15) is 11.3 Å². The van der Waals surface area contributed by atoms with Crippen LogP contribution in [0, 0.1) is 0 Å². The molecule has 1 aliphatic heterocycles. The van der Waals surface area contributed by atoms with Crippen molar-refractivity contribution in [2.24, 2.45) is 4.99 Å². The summed E-state index contributed by atoms with van der Waals surface area (Å²) >= 11 is 1.02. The van der Waals surface area contributed by atoms with Gasteiger partial charge in [-0.3, -0.25) is 19.3 Å². The Morgan fingerprint density at radius 1 is 0.957 bits per heavy atom. The Balaban J connectivity index is 1.48. The summed E-state index contributed by atoms with van der Waals surface area (Å²) in [6.45, 7) is 5.51. The van der Waals surface area contributed by atoms with Gasteiger partial charge in [-0.2, -0.15) is 4.99 Å². The lowest BCUT2D eigenvalue weighted by Crippen LogP contribution is -2.42. The van der Waals surface area contributed by atoms with Crippen LogP contribution in [0.4, 0.5) is 0 Å². The third kappa shape index (κ3) is 7.08. The van der Waals surface area contributed by atoms with Crippen LogP contribution in [-0.2, 0) is 14.4 Å². The van der Waals surface area contributed by atoms with Gasteiger partial charge in [0.2, 0.25) is 5.91 Å². The fourth-order valence-electron chi connectivity index (χ4n) is 5.14. The SMILES string of the molecule is C=C/C=C\C(=C/C)N1C(=O)/C(=C\c2c(OC)ccc3ccccc23)C(=O)N=C1SCC(=O)NC(c1ccccc1)c1ccccc1. The molecule has 5 rings (SSSR count). The van der Waals surface area contributed by atoms with Gasteiger partial charge in [-0.05, 0) is 47.0 Å². The number of allylic oxidation sites excluding steroid dienone is 4. The first-order valence-corrected chi connectivity index (χ1v) is 15.7. The number of carbonyl (C=O) groups is 3. The number of thioether (sulfide) groups is 1. The van der Waals surface area contributed by atoms with E-state index < -0.39 is 11.8 Å². The molecule has 0 atom stereocenters. The molecular formula is C38H33N3O4S. The van der Waals surface area contributed by atoms with E-state index in [9.17, 15) is 14.4 Å². The number of fused-ring (bicyclic) bond motifs is 1. The second-order valence-corrected chi connectivity index (χ2v) is 11.2. The number of carbonyl (C=O) groups excluding carboxylic acids is 3. The lowest BCUT2D eigenvalue weighted by molar-refractivity contribution is -0.126. The second-order valence-electron chi connectivity index (χ2n) is 10.2. The van der Waals surface area contributed by atoms with Gasteiger partial charge >= 0.3 is 0 Å². The van der Waals surface area contributed by atoms with Gasteiger partial charge < -0.3 is 10.1 Å². The summed E-state index contributed by atoms with van der Waals surface area (Å²) in [5.74, 6) is -1.11. The van der Waals surface area contributed by atoms with Crippen molar-refractivity contribution in [1.82, 2.24) is 10.2 Å². The highest BCUT2D eigenvalue weighted by atomic mass is 32.2. The third-order valence-corrected chi connectivity index (χ3v) is 8.29. The molecule has 0 spiro atoms. The van der Waals surface area contributed by atoms with Gasteiger partial charge in [-0.1, -0.05) is 128 Å². The molecule has 4 aromatic rings. The number of aliphatic imine (C=N–C) groups is 1. The Hall–Kier alpha value is -5.47. The highest BCUT2D eigenvalue weighted by Gasteiger charge is 2.35. The van der Waals surface area contributed by atoms with Crippen LogP contribution in [0.25, 0.3) is 16.8 Å². The van der Waals surface area contributed by atoms with Crippen LogP contribution < -0.4 is 10.1 Å². The number of hydrogen-bond acceptors (Lipinski definition) is 5. The van der Waals surface area contributed by atoms with E-state index >= 15 is 0 Å². The van der Waals surface area contributed by atoms with Gasteiger partial charge in [-0.25, -0.2) is 0 Å². The van der Waals surface area contributed by atoms with Crippen LogP contribution in [0.3, 0.4) is 0 Å². The number of amidine groups is 1. The van der Waals surface area contributed by atoms with Crippen molar-refractivity contribution in [3.05, 3.63) is 156 Å². The normalized spacial score (nSPS) is 14.7. The van der Waals surface area contributed by atoms with Crippen LogP contribution in [-0.4, -0.2) is 40.7 Å². The van der Waals surface area contributed by atoms with Crippen LogP contribution in [0.2, 0.25) is 0 Å². The molecular weight excluding hydrogens is 595 g/mol. The molecule has 46 heavy (non-hydrogen) atoms. The lowest BCUT2D eigenvalue weighted by atomic mass is 9.99. The quantitative estimate of drug-likeness (QED) is 0.114. The summed E-state index contributed by atoms with van der Waals surface area (Å²) in [5, 5.41) is 4.96. The summed E-state index contributed by atoms with van der Waals surface area (Å²) in [7, 11) is 1.54. The molecule has 0 bridgehead atoms. The zero-order chi connectivity index (χ0) is 32.5. The number of nitrogens with one attached hydrogen (secondary N) is 1. The maximum Gasteiger partial charge on any atom is 0.285 e. The Kier molecular flexibility index (Phi) is 10.4. The number of nitrogens with zero attached hydrogens (tertiary/aromatic N) is 2. The molecule has 8 heteroatoms. The summed E-state index contributed by atoms with van der Waals surface area (Å²) in [6, 6.07) is 30.4. The number of rotatable bonds is 10. The number of hydrogen-bond donors (Lipinski definition) is 1.